The van der Waals surface area contributed by atoms with E-state index < -0.39 is 0 Å². The van der Waals surface area contributed by atoms with Crippen molar-refractivity contribution in [2.75, 3.05) is 13.1 Å². The fourth-order valence-electron chi connectivity index (χ4n) is 2.95. The molecule has 2 rings (SSSR count). The third kappa shape index (κ3) is 2.88. The molecule has 0 aromatic heterocycles. The van der Waals surface area contributed by atoms with Crippen molar-refractivity contribution in [2.24, 2.45) is 0 Å². The fraction of sp³-hybridized carbons (Fsp3) is 0.600. The van der Waals surface area contributed by atoms with Gasteiger partial charge in [0.2, 0.25) is 0 Å². The number of aryl methyl sites for hydroxylation is 2. The summed E-state index contributed by atoms with van der Waals surface area (Å²) in [5.41, 5.74) is 5.67. The molecule has 1 aromatic carbocycles. The van der Waals surface area contributed by atoms with Crippen molar-refractivity contribution in [2.45, 2.75) is 46.3 Å². The summed E-state index contributed by atoms with van der Waals surface area (Å²) in [7, 11) is 0. The quantitative estimate of drug-likeness (QED) is 0.866. The number of hydrogen-bond donors (Lipinski definition) is 1. The van der Waals surface area contributed by atoms with Crippen LogP contribution in [-0.2, 0) is 13.0 Å². The standard InChI is InChI=1S/C15H23NO/c1-4-15-11(2)7-13(8-12(15)3)9-16-6-5-14(17)10-16/h7-8,14,17H,4-6,9-10H2,1-3H3. The molecule has 1 N–H and O–H groups in total. The lowest BCUT2D eigenvalue weighted by Crippen LogP contribution is -2.21. The summed E-state index contributed by atoms with van der Waals surface area (Å²) in [4.78, 5) is 2.34. The monoisotopic (exact) mass is 233 g/mol. The number of likely N-dealkylation sites (tertiary alicyclic amines) is 1. The summed E-state index contributed by atoms with van der Waals surface area (Å²) in [6, 6.07) is 4.60. The minimum Gasteiger partial charge on any atom is -0.392 e. The van der Waals surface area contributed by atoms with Crippen LogP contribution in [0, 0.1) is 13.8 Å². The summed E-state index contributed by atoms with van der Waals surface area (Å²) in [5, 5.41) is 9.53. The Kier molecular flexibility index (Phi) is 3.85. The molecule has 1 unspecified atom stereocenters. The molecule has 1 aliphatic rings. The third-order valence-corrected chi connectivity index (χ3v) is 3.76. The molecule has 17 heavy (non-hydrogen) atoms. The highest BCUT2D eigenvalue weighted by Gasteiger charge is 2.20. The van der Waals surface area contributed by atoms with Gasteiger partial charge in [-0.1, -0.05) is 19.1 Å². The first-order valence-electron chi connectivity index (χ1n) is 6.59. The maximum atomic E-state index is 9.53. The topological polar surface area (TPSA) is 23.5 Å². The van der Waals surface area contributed by atoms with Gasteiger partial charge in [0.15, 0.2) is 0 Å². The van der Waals surface area contributed by atoms with Crippen molar-refractivity contribution < 1.29 is 5.11 Å². The van der Waals surface area contributed by atoms with E-state index in [0.29, 0.717) is 0 Å². The van der Waals surface area contributed by atoms with E-state index in [1.165, 1.54) is 22.3 Å². The van der Waals surface area contributed by atoms with Gasteiger partial charge in [0.05, 0.1) is 6.10 Å². The summed E-state index contributed by atoms with van der Waals surface area (Å²) >= 11 is 0. The molecule has 1 atom stereocenters. The highest BCUT2D eigenvalue weighted by Crippen LogP contribution is 2.20. The predicted octanol–water partition coefficient (Wildman–Crippen LogP) is 2.43. The molecule has 94 valence electrons. The van der Waals surface area contributed by atoms with Gasteiger partial charge in [-0.05, 0) is 48.9 Å². The van der Waals surface area contributed by atoms with E-state index in [-0.39, 0.29) is 6.10 Å². The molecule has 0 radical (unpaired) electrons. The Morgan fingerprint density at radius 2 is 1.94 bits per heavy atom. The van der Waals surface area contributed by atoms with Gasteiger partial charge in [-0.3, -0.25) is 4.90 Å². The lowest BCUT2D eigenvalue weighted by atomic mass is 9.97. The first-order chi connectivity index (χ1) is 8.10. The summed E-state index contributed by atoms with van der Waals surface area (Å²) in [6.45, 7) is 9.44. The molecule has 2 heteroatoms. The van der Waals surface area contributed by atoms with Crippen LogP contribution in [0.15, 0.2) is 12.1 Å². The Labute approximate surface area is 104 Å². The number of aliphatic hydroxyl groups is 1. The Balaban J connectivity index is 2.12. The molecule has 0 saturated carbocycles. The minimum atomic E-state index is -0.118. The van der Waals surface area contributed by atoms with E-state index in [4.69, 9.17) is 0 Å². The molecule has 2 nitrogen and oxygen atoms in total. The van der Waals surface area contributed by atoms with Crippen LogP contribution in [-0.4, -0.2) is 29.2 Å². The van der Waals surface area contributed by atoms with Crippen LogP contribution in [0.4, 0.5) is 0 Å². The molecular weight excluding hydrogens is 210 g/mol. The lowest BCUT2D eigenvalue weighted by Gasteiger charge is -2.17. The Bertz CT molecular complexity index is 377. The number of nitrogens with zero attached hydrogens (tertiary/aromatic N) is 1. The number of β-amino-alcohol motifs (C(OH)–C–C–N with tert-alkyl or cyclic N) is 1. The van der Waals surface area contributed by atoms with E-state index in [9.17, 15) is 5.11 Å². The summed E-state index contributed by atoms with van der Waals surface area (Å²) < 4.78 is 0. The van der Waals surface area contributed by atoms with Gasteiger partial charge in [0.25, 0.3) is 0 Å². The van der Waals surface area contributed by atoms with Crippen molar-refractivity contribution in [3.8, 4) is 0 Å². The SMILES string of the molecule is CCc1c(C)cc(CN2CCC(O)C2)cc1C. The van der Waals surface area contributed by atoms with Gasteiger partial charge in [-0.2, -0.15) is 0 Å². The third-order valence-electron chi connectivity index (χ3n) is 3.76. The van der Waals surface area contributed by atoms with Gasteiger partial charge >= 0.3 is 0 Å². The van der Waals surface area contributed by atoms with Gasteiger partial charge in [0.1, 0.15) is 0 Å². The summed E-state index contributed by atoms with van der Waals surface area (Å²) in [5.74, 6) is 0. The molecule has 0 aliphatic carbocycles. The number of benzene rings is 1. The van der Waals surface area contributed by atoms with Crippen molar-refractivity contribution >= 4 is 0 Å². The smallest absolute Gasteiger partial charge is 0.0679 e. The average molecular weight is 233 g/mol. The molecule has 1 heterocycles. The zero-order valence-electron chi connectivity index (χ0n) is 11.2. The lowest BCUT2D eigenvalue weighted by molar-refractivity contribution is 0.175. The zero-order valence-corrected chi connectivity index (χ0v) is 11.2. The second-order valence-corrected chi connectivity index (χ2v) is 5.24. The molecule has 0 spiro atoms. The molecule has 1 saturated heterocycles. The van der Waals surface area contributed by atoms with Crippen LogP contribution in [0.5, 0.6) is 0 Å². The summed E-state index contributed by atoms with van der Waals surface area (Å²) in [6.07, 6.45) is 1.91. The second kappa shape index (κ2) is 5.19. The normalized spacial score (nSPS) is 21.1. The van der Waals surface area contributed by atoms with Gasteiger partial charge < -0.3 is 5.11 Å². The van der Waals surface area contributed by atoms with E-state index >= 15 is 0 Å². The van der Waals surface area contributed by atoms with Crippen molar-refractivity contribution in [3.05, 3.63) is 34.4 Å². The van der Waals surface area contributed by atoms with Crippen LogP contribution in [0.1, 0.15) is 35.6 Å². The van der Waals surface area contributed by atoms with Gasteiger partial charge in [-0.25, -0.2) is 0 Å². The average Bonchev–Trinajstić information content (AvgIpc) is 2.63. The van der Waals surface area contributed by atoms with E-state index in [2.05, 4.69) is 37.8 Å². The van der Waals surface area contributed by atoms with Crippen molar-refractivity contribution in [3.63, 3.8) is 0 Å². The van der Waals surface area contributed by atoms with E-state index in [0.717, 1.165) is 32.5 Å². The Hall–Kier alpha value is -0.860. The van der Waals surface area contributed by atoms with E-state index in [1.807, 2.05) is 0 Å². The predicted molar refractivity (Wildman–Crippen MR) is 71.2 cm³/mol. The highest BCUT2D eigenvalue weighted by atomic mass is 16.3. The Morgan fingerprint density at radius 1 is 1.29 bits per heavy atom. The molecule has 1 fully saturated rings. The minimum absolute atomic E-state index is 0.118. The van der Waals surface area contributed by atoms with Crippen LogP contribution in [0.25, 0.3) is 0 Å². The maximum Gasteiger partial charge on any atom is 0.0679 e. The second-order valence-electron chi connectivity index (χ2n) is 5.24. The Morgan fingerprint density at radius 3 is 2.41 bits per heavy atom. The van der Waals surface area contributed by atoms with E-state index in [1.54, 1.807) is 0 Å². The molecular formula is C15H23NO. The molecule has 0 amide bonds. The number of aliphatic hydroxyl groups excluding tert-OH is 1. The molecule has 0 bridgehead atoms. The number of rotatable bonds is 3. The van der Waals surface area contributed by atoms with Crippen LogP contribution < -0.4 is 0 Å². The van der Waals surface area contributed by atoms with Crippen molar-refractivity contribution in [1.29, 1.82) is 0 Å². The fourth-order valence-corrected chi connectivity index (χ4v) is 2.95. The van der Waals surface area contributed by atoms with Crippen molar-refractivity contribution in [1.82, 2.24) is 4.90 Å². The first-order valence-corrected chi connectivity index (χ1v) is 6.59. The molecule has 1 aliphatic heterocycles. The highest BCUT2D eigenvalue weighted by molar-refractivity contribution is 5.37. The van der Waals surface area contributed by atoms with Crippen LogP contribution in [0.3, 0.4) is 0 Å². The van der Waals surface area contributed by atoms with Crippen LogP contribution >= 0.6 is 0 Å². The van der Waals surface area contributed by atoms with Gasteiger partial charge in [0, 0.05) is 19.6 Å². The largest absolute Gasteiger partial charge is 0.392 e. The molecule has 1 aromatic rings. The van der Waals surface area contributed by atoms with Gasteiger partial charge in [-0.15, -0.1) is 0 Å². The maximum absolute atomic E-state index is 9.53. The number of hydrogen-bond acceptors (Lipinski definition) is 2. The van der Waals surface area contributed by atoms with Crippen LogP contribution in [0.2, 0.25) is 0 Å². The zero-order chi connectivity index (χ0) is 12.4. The first kappa shape index (κ1) is 12.6.